The molecule has 1 aliphatic heterocycles. The molecule has 25 heavy (non-hydrogen) atoms. The smallest absolute Gasteiger partial charge is 0.193 e. The van der Waals surface area contributed by atoms with Crippen LogP contribution in [-0.4, -0.2) is 64.9 Å². The Morgan fingerprint density at radius 3 is 2.72 bits per heavy atom. The minimum Gasteiger partial charge on any atom is -0.384 e. The molecule has 1 aromatic carbocycles. The molecule has 1 atom stereocenters. The monoisotopic (exact) mass is 481 g/mol. The number of hydrogen-bond donors (Lipinski definition) is 1. The van der Waals surface area contributed by atoms with Gasteiger partial charge in [-0.25, -0.2) is 8.42 Å². The molecule has 1 aromatic rings. The summed E-state index contributed by atoms with van der Waals surface area (Å²) in [7, 11) is -1.57. The lowest BCUT2D eigenvalue weighted by Crippen LogP contribution is -2.40. The molecule has 1 fully saturated rings. The second kappa shape index (κ2) is 11.0. The molecule has 2 rings (SSSR count). The first-order valence-corrected chi connectivity index (χ1v) is 10.0. The number of likely N-dealkylation sites (tertiary alicyclic amines) is 1. The van der Waals surface area contributed by atoms with E-state index in [0.29, 0.717) is 10.8 Å². The summed E-state index contributed by atoms with van der Waals surface area (Å²) in [4.78, 5) is 7.05. The molecule has 0 amide bonds. The van der Waals surface area contributed by atoms with Crippen molar-refractivity contribution >= 4 is 39.8 Å². The quantitative estimate of drug-likeness (QED) is 0.367. The Kier molecular flexibility index (Phi) is 9.73. The van der Waals surface area contributed by atoms with Crippen molar-refractivity contribution in [1.82, 2.24) is 10.2 Å². The minimum atomic E-state index is -3.29. The van der Waals surface area contributed by atoms with Crippen molar-refractivity contribution in [2.45, 2.75) is 18.2 Å². The van der Waals surface area contributed by atoms with Crippen molar-refractivity contribution in [3.63, 3.8) is 0 Å². The first-order valence-electron chi connectivity index (χ1n) is 8.37. The van der Waals surface area contributed by atoms with Gasteiger partial charge in [0.1, 0.15) is 0 Å². The van der Waals surface area contributed by atoms with E-state index in [1.165, 1.54) is 0 Å². The summed E-state index contributed by atoms with van der Waals surface area (Å²) in [6.45, 7) is 5.59. The molecule has 0 bridgehead atoms. The second-order valence-electron chi connectivity index (χ2n) is 5.92. The maximum Gasteiger partial charge on any atom is 0.193 e. The van der Waals surface area contributed by atoms with Gasteiger partial charge in [-0.15, -0.1) is 24.0 Å². The standard InChI is InChI=1S/C17H27N3O3S.HI/c1-3-18-17(20-11-9-15(13-20)14-23-2)19-10-12-24(21,22)16-7-5-4-6-8-16;/h4-8,15H,3,9-14H2,1-2H3,(H,18,19);1H. The third-order valence-electron chi connectivity index (χ3n) is 4.05. The molecule has 142 valence electrons. The molecule has 0 aliphatic carbocycles. The zero-order chi connectivity index (χ0) is 17.4. The fourth-order valence-corrected chi connectivity index (χ4v) is 3.98. The van der Waals surface area contributed by atoms with Crippen LogP contribution in [0.25, 0.3) is 0 Å². The van der Waals surface area contributed by atoms with Gasteiger partial charge in [-0.3, -0.25) is 4.99 Å². The Morgan fingerprint density at radius 2 is 2.08 bits per heavy atom. The van der Waals surface area contributed by atoms with Crippen LogP contribution in [0.2, 0.25) is 0 Å². The Balaban J connectivity index is 0.00000312. The van der Waals surface area contributed by atoms with Gasteiger partial charge in [-0.2, -0.15) is 0 Å². The van der Waals surface area contributed by atoms with Crippen LogP contribution < -0.4 is 5.32 Å². The van der Waals surface area contributed by atoms with Crippen molar-refractivity contribution in [2.24, 2.45) is 10.9 Å². The maximum absolute atomic E-state index is 12.3. The number of nitrogens with one attached hydrogen (secondary N) is 1. The molecule has 0 spiro atoms. The third-order valence-corrected chi connectivity index (χ3v) is 5.76. The molecule has 0 saturated carbocycles. The third kappa shape index (κ3) is 6.74. The summed E-state index contributed by atoms with van der Waals surface area (Å²) in [6, 6.07) is 8.53. The van der Waals surface area contributed by atoms with E-state index in [4.69, 9.17) is 4.74 Å². The number of benzene rings is 1. The van der Waals surface area contributed by atoms with Crippen LogP contribution in [-0.2, 0) is 14.6 Å². The van der Waals surface area contributed by atoms with Crippen molar-refractivity contribution in [1.29, 1.82) is 0 Å². The molecule has 1 N–H and O–H groups in total. The Bertz CT molecular complexity index is 638. The van der Waals surface area contributed by atoms with Gasteiger partial charge in [-0.05, 0) is 25.5 Å². The summed E-state index contributed by atoms with van der Waals surface area (Å²) in [6.07, 6.45) is 1.07. The normalized spacial score (nSPS) is 18.1. The van der Waals surface area contributed by atoms with E-state index in [9.17, 15) is 8.42 Å². The Morgan fingerprint density at radius 1 is 1.36 bits per heavy atom. The molecular weight excluding hydrogens is 453 g/mol. The molecule has 0 aromatic heterocycles. The predicted octanol–water partition coefficient (Wildman–Crippen LogP) is 2.01. The Hall–Kier alpha value is -0.870. The average molecular weight is 481 g/mol. The summed E-state index contributed by atoms with van der Waals surface area (Å²) >= 11 is 0. The van der Waals surface area contributed by atoms with Crippen LogP contribution in [0.1, 0.15) is 13.3 Å². The minimum absolute atomic E-state index is 0. The van der Waals surface area contributed by atoms with Crippen molar-refractivity contribution in [2.75, 3.05) is 45.6 Å². The first kappa shape index (κ1) is 22.2. The van der Waals surface area contributed by atoms with Gasteiger partial charge in [0.25, 0.3) is 0 Å². The number of nitrogens with zero attached hydrogens (tertiary/aromatic N) is 2. The van der Waals surface area contributed by atoms with Gasteiger partial charge in [-0.1, -0.05) is 18.2 Å². The van der Waals surface area contributed by atoms with E-state index < -0.39 is 9.84 Å². The number of methoxy groups -OCH3 is 1. The van der Waals surface area contributed by atoms with Crippen LogP contribution in [0, 0.1) is 5.92 Å². The topological polar surface area (TPSA) is 71.0 Å². The van der Waals surface area contributed by atoms with E-state index >= 15 is 0 Å². The highest BCUT2D eigenvalue weighted by atomic mass is 127. The van der Waals surface area contributed by atoms with Crippen LogP contribution >= 0.6 is 24.0 Å². The Labute approximate surface area is 168 Å². The lowest BCUT2D eigenvalue weighted by molar-refractivity contribution is 0.157. The van der Waals surface area contributed by atoms with Crippen LogP contribution in [0.3, 0.4) is 0 Å². The average Bonchev–Trinajstić information content (AvgIpc) is 3.04. The number of rotatable bonds is 7. The van der Waals surface area contributed by atoms with Crippen LogP contribution in [0.15, 0.2) is 40.2 Å². The SMILES string of the molecule is CCNC(=NCCS(=O)(=O)c1ccccc1)N1CCC(COC)C1.I. The lowest BCUT2D eigenvalue weighted by atomic mass is 10.1. The van der Waals surface area contributed by atoms with Gasteiger partial charge in [0.05, 0.1) is 23.8 Å². The second-order valence-corrected chi connectivity index (χ2v) is 8.03. The molecule has 1 unspecified atom stereocenters. The molecular formula is C17H28IN3O3S. The highest BCUT2D eigenvalue weighted by molar-refractivity contribution is 14.0. The highest BCUT2D eigenvalue weighted by Crippen LogP contribution is 2.16. The largest absolute Gasteiger partial charge is 0.384 e. The van der Waals surface area contributed by atoms with Gasteiger partial charge < -0.3 is 15.0 Å². The fraction of sp³-hybridized carbons (Fsp3) is 0.588. The number of sulfone groups is 1. The summed E-state index contributed by atoms with van der Waals surface area (Å²) < 4.78 is 29.8. The zero-order valence-corrected chi connectivity index (χ0v) is 18.0. The molecule has 6 nitrogen and oxygen atoms in total. The van der Waals surface area contributed by atoms with Gasteiger partial charge in [0.2, 0.25) is 0 Å². The van der Waals surface area contributed by atoms with Gasteiger partial charge in [0, 0.05) is 32.7 Å². The number of hydrogen-bond acceptors (Lipinski definition) is 4. The van der Waals surface area contributed by atoms with Gasteiger partial charge >= 0.3 is 0 Å². The molecule has 8 heteroatoms. The van der Waals surface area contributed by atoms with E-state index in [-0.39, 0.29) is 36.3 Å². The van der Waals surface area contributed by atoms with Crippen molar-refractivity contribution in [3.8, 4) is 0 Å². The number of ether oxygens (including phenoxy) is 1. The summed E-state index contributed by atoms with van der Waals surface area (Å²) in [5, 5.41) is 3.25. The van der Waals surface area contributed by atoms with Gasteiger partial charge in [0.15, 0.2) is 15.8 Å². The molecule has 1 aliphatic rings. The first-order chi connectivity index (χ1) is 11.6. The van der Waals surface area contributed by atoms with E-state index in [2.05, 4.69) is 15.2 Å². The fourth-order valence-electron chi connectivity index (χ4n) is 2.84. The number of aliphatic imine (C=N–C) groups is 1. The summed E-state index contributed by atoms with van der Waals surface area (Å²) in [5.41, 5.74) is 0. The van der Waals surface area contributed by atoms with E-state index in [0.717, 1.165) is 38.6 Å². The zero-order valence-electron chi connectivity index (χ0n) is 14.8. The van der Waals surface area contributed by atoms with E-state index in [1.54, 1.807) is 31.4 Å². The maximum atomic E-state index is 12.3. The lowest BCUT2D eigenvalue weighted by Gasteiger charge is -2.21. The molecule has 1 saturated heterocycles. The molecule has 0 radical (unpaired) electrons. The number of guanidine groups is 1. The van der Waals surface area contributed by atoms with Crippen molar-refractivity contribution in [3.05, 3.63) is 30.3 Å². The predicted molar refractivity (Wildman–Crippen MR) is 111 cm³/mol. The highest BCUT2D eigenvalue weighted by Gasteiger charge is 2.24. The summed E-state index contributed by atoms with van der Waals surface area (Å²) in [5.74, 6) is 1.31. The number of halogens is 1. The van der Waals surface area contributed by atoms with Crippen molar-refractivity contribution < 1.29 is 13.2 Å². The van der Waals surface area contributed by atoms with Crippen LogP contribution in [0.5, 0.6) is 0 Å². The molecule has 1 heterocycles. The van der Waals surface area contributed by atoms with E-state index in [1.807, 2.05) is 13.0 Å². The van der Waals surface area contributed by atoms with Crippen LogP contribution in [0.4, 0.5) is 0 Å².